The van der Waals surface area contributed by atoms with Crippen LogP contribution in [0.2, 0.25) is 0 Å². The van der Waals surface area contributed by atoms with Gasteiger partial charge in [0.05, 0.1) is 10.9 Å². The molecule has 0 amide bonds. The van der Waals surface area contributed by atoms with Gasteiger partial charge < -0.3 is 14.6 Å². The molecule has 0 radical (unpaired) electrons. The van der Waals surface area contributed by atoms with Crippen LogP contribution < -0.4 is 16.9 Å². The molecule has 0 unspecified atom stereocenters. The molecule has 0 bridgehead atoms. The Morgan fingerprint density at radius 3 is 2.76 bits per heavy atom. The number of fused-ring (bicyclic) bond motifs is 1. The van der Waals surface area contributed by atoms with Crippen molar-refractivity contribution in [3.8, 4) is 11.5 Å². The number of benzene rings is 1. The summed E-state index contributed by atoms with van der Waals surface area (Å²) in [6.07, 6.45) is 0. The first-order valence-corrected chi connectivity index (χ1v) is 4.97. The Balaban J connectivity index is 2.86. The molecular weight excluding hydrogens is 224 g/mol. The van der Waals surface area contributed by atoms with Crippen molar-refractivity contribution < 1.29 is 14.6 Å². The summed E-state index contributed by atoms with van der Waals surface area (Å²) in [4.78, 5) is 11.6. The van der Waals surface area contributed by atoms with Crippen LogP contribution >= 0.6 is 0 Å². The maximum absolute atomic E-state index is 11.6. The maximum atomic E-state index is 11.6. The molecule has 5 N–H and O–H groups in total. The summed E-state index contributed by atoms with van der Waals surface area (Å²) in [7, 11) is 0. The zero-order valence-corrected chi connectivity index (χ0v) is 9.15. The van der Waals surface area contributed by atoms with Crippen LogP contribution in [0.1, 0.15) is 11.1 Å². The highest BCUT2D eigenvalue weighted by Gasteiger charge is 2.15. The van der Waals surface area contributed by atoms with Gasteiger partial charge >= 0.3 is 5.63 Å². The van der Waals surface area contributed by atoms with Gasteiger partial charge in [-0.3, -0.25) is 11.3 Å². The molecule has 17 heavy (non-hydrogen) atoms. The van der Waals surface area contributed by atoms with Gasteiger partial charge in [-0.2, -0.15) is 0 Å². The summed E-state index contributed by atoms with van der Waals surface area (Å²) in [5, 5.41) is 19.8. The van der Waals surface area contributed by atoms with E-state index in [-0.39, 0.29) is 29.2 Å². The summed E-state index contributed by atoms with van der Waals surface area (Å²) in [6.45, 7) is 1.60. The fourth-order valence-electron chi connectivity index (χ4n) is 1.67. The van der Waals surface area contributed by atoms with Gasteiger partial charge in [0.2, 0.25) is 0 Å². The van der Waals surface area contributed by atoms with E-state index < -0.39 is 5.63 Å². The Morgan fingerprint density at radius 2 is 2.12 bits per heavy atom. The molecule has 1 heterocycles. The normalized spacial score (nSPS) is 10.9. The van der Waals surface area contributed by atoms with Crippen LogP contribution in [0.25, 0.3) is 11.0 Å². The molecule has 90 valence electrons. The van der Waals surface area contributed by atoms with E-state index >= 15 is 0 Å². The highest BCUT2D eigenvalue weighted by Crippen LogP contribution is 2.32. The number of hydrazine groups is 1. The predicted octanol–water partition coefficient (Wildman–Crippen LogP) is 0.476. The van der Waals surface area contributed by atoms with Gasteiger partial charge in [0.1, 0.15) is 17.1 Å². The lowest BCUT2D eigenvalue weighted by Gasteiger charge is -2.08. The number of rotatable bonds is 2. The van der Waals surface area contributed by atoms with E-state index in [2.05, 4.69) is 5.43 Å². The molecule has 6 heteroatoms. The number of hydrogen-bond acceptors (Lipinski definition) is 6. The lowest BCUT2D eigenvalue weighted by Crippen LogP contribution is -2.24. The van der Waals surface area contributed by atoms with E-state index in [9.17, 15) is 15.0 Å². The molecule has 1 aromatic heterocycles. The van der Waals surface area contributed by atoms with Gasteiger partial charge in [0, 0.05) is 12.1 Å². The molecule has 0 aliphatic rings. The van der Waals surface area contributed by atoms with Crippen molar-refractivity contribution in [3.05, 3.63) is 33.7 Å². The molecule has 0 atom stereocenters. The third kappa shape index (κ3) is 1.73. The molecule has 1 aromatic carbocycles. The molecular formula is C11H12N2O4. The van der Waals surface area contributed by atoms with Gasteiger partial charge in [0.15, 0.2) is 0 Å². The van der Waals surface area contributed by atoms with Crippen LogP contribution in [0.5, 0.6) is 11.5 Å². The Hall–Kier alpha value is -2.05. The molecule has 0 saturated heterocycles. The van der Waals surface area contributed by atoms with Crippen LogP contribution in [0.4, 0.5) is 0 Å². The second-order valence-corrected chi connectivity index (χ2v) is 3.68. The van der Waals surface area contributed by atoms with Crippen molar-refractivity contribution >= 4 is 11.0 Å². The zero-order chi connectivity index (χ0) is 12.6. The Kier molecular flexibility index (Phi) is 2.74. The minimum atomic E-state index is -0.679. The number of phenols is 1. The number of hydrogen-bond donors (Lipinski definition) is 4. The van der Waals surface area contributed by atoms with Crippen LogP contribution in [-0.2, 0) is 6.54 Å². The molecule has 6 nitrogen and oxygen atoms in total. The molecule has 0 aliphatic carbocycles. The SMILES string of the molecule is Cc1c(O)ccc2c(O)c(CNN)c(=O)oc12. The number of aryl methyl sites for hydroxylation is 1. The third-order valence-corrected chi connectivity index (χ3v) is 2.64. The van der Waals surface area contributed by atoms with Gasteiger partial charge in [0.25, 0.3) is 0 Å². The molecule has 0 spiro atoms. The van der Waals surface area contributed by atoms with Gasteiger partial charge in [-0.05, 0) is 19.1 Å². The van der Waals surface area contributed by atoms with Crippen molar-refractivity contribution in [3.63, 3.8) is 0 Å². The van der Waals surface area contributed by atoms with Gasteiger partial charge in [-0.1, -0.05) is 0 Å². The minimum absolute atomic E-state index is 0.00400. The van der Waals surface area contributed by atoms with E-state index in [4.69, 9.17) is 10.3 Å². The monoisotopic (exact) mass is 236 g/mol. The highest BCUT2D eigenvalue weighted by atomic mass is 16.4. The average molecular weight is 236 g/mol. The lowest BCUT2D eigenvalue weighted by atomic mass is 10.1. The van der Waals surface area contributed by atoms with Crippen LogP contribution in [0.3, 0.4) is 0 Å². The molecule has 2 aromatic rings. The lowest BCUT2D eigenvalue weighted by molar-refractivity contribution is 0.447. The largest absolute Gasteiger partial charge is 0.508 e. The number of aromatic hydroxyl groups is 2. The van der Waals surface area contributed by atoms with Crippen molar-refractivity contribution in [1.29, 1.82) is 0 Å². The molecule has 0 aliphatic heterocycles. The number of nitrogens with one attached hydrogen (secondary N) is 1. The van der Waals surface area contributed by atoms with E-state index in [1.54, 1.807) is 6.92 Å². The highest BCUT2D eigenvalue weighted by molar-refractivity contribution is 5.87. The Labute approximate surface area is 96.3 Å². The quantitative estimate of drug-likeness (QED) is 0.343. The van der Waals surface area contributed by atoms with E-state index in [0.717, 1.165) is 0 Å². The van der Waals surface area contributed by atoms with Crippen LogP contribution in [0, 0.1) is 6.92 Å². The van der Waals surface area contributed by atoms with E-state index in [0.29, 0.717) is 10.9 Å². The average Bonchev–Trinajstić information content (AvgIpc) is 2.30. The molecule has 2 rings (SSSR count). The standard InChI is InChI=1S/C11H12N2O4/c1-5-8(14)3-2-6-9(15)7(4-13-12)11(16)17-10(5)6/h2-3,13-15H,4,12H2,1H3. The zero-order valence-electron chi connectivity index (χ0n) is 9.15. The Bertz CT molecular complexity index is 633. The number of nitrogens with two attached hydrogens (primary N) is 1. The van der Waals surface area contributed by atoms with Crippen molar-refractivity contribution in [2.75, 3.05) is 0 Å². The van der Waals surface area contributed by atoms with Gasteiger partial charge in [-0.25, -0.2) is 4.79 Å². The molecule has 0 saturated carbocycles. The van der Waals surface area contributed by atoms with E-state index in [1.165, 1.54) is 12.1 Å². The summed E-state index contributed by atoms with van der Waals surface area (Å²) in [6, 6.07) is 2.91. The van der Waals surface area contributed by atoms with E-state index in [1.807, 2.05) is 0 Å². The van der Waals surface area contributed by atoms with Crippen LogP contribution in [0.15, 0.2) is 21.3 Å². The number of phenolic OH excluding ortho intramolecular Hbond substituents is 1. The maximum Gasteiger partial charge on any atom is 0.344 e. The first kappa shape index (κ1) is 11.4. The van der Waals surface area contributed by atoms with Crippen molar-refractivity contribution in [1.82, 2.24) is 5.43 Å². The third-order valence-electron chi connectivity index (χ3n) is 2.64. The summed E-state index contributed by atoms with van der Waals surface area (Å²) < 4.78 is 5.07. The molecule has 0 fully saturated rings. The topological polar surface area (TPSA) is 109 Å². The minimum Gasteiger partial charge on any atom is -0.508 e. The van der Waals surface area contributed by atoms with Crippen molar-refractivity contribution in [2.24, 2.45) is 5.84 Å². The smallest absolute Gasteiger partial charge is 0.344 e. The first-order chi connectivity index (χ1) is 8.06. The van der Waals surface area contributed by atoms with Crippen LogP contribution in [-0.4, -0.2) is 10.2 Å². The summed E-state index contributed by atoms with van der Waals surface area (Å²) >= 11 is 0. The predicted molar refractivity (Wildman–Crippen MR) is 61.6 cm³/mol. The van der Waals surface area contributed by atoms with Crippen molar-refractivity contribution in [2.45, 2.75) is 13.5 Å². The summed E-state index contributed by atoms with van der Waals surface area (Å²) in [5.41, 5.74) is 2.25. The summed E-state index contributed by atoms with van der Waals surface area (Å²) in [5.74, 6) is 4.94. The van der Waals surface area contributed by atoms with Gasteiger partial charge in [-0.15, -0.1) is 0 Å². The Morgan fingerprint density at radius 1 is 1.41 bits per heavy atom. The first-order valence-electron chi connectivity index (χ1n) is 4.97. The fraction of sp³-hybridized carbons (Fsp3) is 0.182. The second kappa shape index (κ2) is 4.08. The second-order valence-electron chi connectivity index (χ2n) is 3.68. The fourth-order valence-corrected chi connectivity index (χ4v) is 1.67.